The molecule has 1 N–H and O–H groups in total. The number of aryl methyl sites for hydroxylation is 1. The fraction of sp³-hybridized carbons (Fsp3) is 0.286. The van der Waals surface area contributed by atoms with E-state index in [9.17, 15) is 4.79 Å². The first-order valence-corrected chi connectivity index (χ1v) is 9.21. The lowest BCUT2D eigenvalue weighted by Gasteiger charge is -2.19. The van der Waals surface area contributed by atoms with E-state index in [1.165, 1.54) is 0 Å². The zero-order chi connectivity index (χ0) is 20.8. The highest BCUT2D eigenvalue weighted by molar-refractivity contribution is 5.89. The van der Waals surface area contributed by atoms with Gasteiger partial charge in [0.1, 0.15) is 6.54 Å². The number of methoxy groups -OCH3 is 2. The topological polar surface area (TPSA) is 89.7 Å². The van der Waals surface area contributed by atoms with Crippen molar-refractivity contribution in [3.8, 4) is 22.9 Å². The maximum absolute atomic E-state index is 12.6. The van der Waals surface area contributed by atoms with Gasteiger partial charge in [-0.3, -0.25) is 0 Å². The molecule has 0 spiro atoms. The summed E-state index contributed by atoms with van der Waals surface area (Å²) in [5.41, 5.74) is 2.54. The van der Waals surface area contributed by atoms with Gasteiger partial charge in [-0.2, -0.15) is 4.98 Å². The Kier molecular flexibility index (Phi) is 6.33. The molecule has 1 aromatic heterocycles. The van der Waals surface area contributed by atoms with Crippen LogP contribution in [0.25, 0.3) is 11.4 Å². The second-order valence-electron chi connectivity index (χ2n) is 6.40. The lowest BCUT2D eigenvalue weighted by molar-refractivity contribution is 0.203. The predicted octanol–water partition coefficient (Wildman–Crippen LogP) is 4.12. The van der Waals surface area contributed by atoms with Crippen LogP contribution >= 0.6 is 0 Å². The summed E-state index contributed by atoms with van der Waals surface area (Å²) in [6.07, 6.45) is 0. The van der Waals surface area contributed by atoms with Crippen molar-refractivity contribution in [3.63, 3.8) is 0 Å². The number of urea groups is 1. The van der Waals surface area contributed by atoms with E-state index in [0.29, 0.717) is 29.8 Å². The van der Waals surface area contributed by atoms with Crippen molar-refractivity contribution in [2.75, 3.05) is 26.1 Å². The van der Waals surface area contributed by atoms with E-state index in [4.69, 9.17) is 14.0 Å². The minimum Gasteiger partial charge on any atom is -0.493 e. The maximum Gasteiger partial charge on any atom is 0.322 e. The second kappa shape index (κ2) is 9.09. The first kappa shape index (κ1) is 20.2. The van der Waals surface area contributed by atoms with Crippen LogP contribution < -0.4 is 14.8 Å². The highest BCUT2D eigenvalue weighted by Gasteiger charge is 2.18. The van der Waals surface area contributed by atoms with E-state index >= 15 is 0 Å². The van der Waals surface area contributed by atoms with E-state index in [2.05, 4.69) is 15.5 Å². The Bertz CT molecular complexity index is 986. The van der Waals surface area contributed by atoms with Crippen LogP contribution in [0.15, 0.2) is 47.0 Å². The molecule has 152 valence electrons. The number of aromatic nitrogens is 2. The lowest BCUT2D eigenvalue weighted by Crippen LogP contribution is -2.34. The molecule has 0 fully saturated rings. The van der Waals surface area contributed by atoms with Gasteiger partial charge in [-0.1, -0.05) is 17.3 Å². The first-order chi connectivity index (χ1) is 14.0. The van der Waals surface area contributed by atoms with Gasteiger partial charge < -0.3 is 24.2 Å². The second-order valence-corrected chi connectivity index (χ2v) is 6.40. The van der Waals surface area contributed by atoms with Crippen molar-refractivity contribution in [1.29, 1.82) is 0 Å². The van der Waals surface area contributed by atoms with Gasteiger partial charge in [0, 0.05) is 17.8 Å². The van der Waals surface area contributed by atoms with Gasteiger partial charge in [-0.25, -0.2) is 4.79 Å². The van der Waals surface area contributed by atoms with Crippen molar-refractivity contribution < 1.29 is 18.8 Å². The molecular formula is C21H24N4O4. The minimum absolute atomic E-state index is 0.203. The van der Waals surface area contributed by atoms with Crippen LogP contribution in [0, 0.1) is 6.92 Å². The molecule has 0 unspecified atom stereocenters. The fourth-order valence-corrected chi connectivity index (χ4v) is 2.83. The molecule has 3 rings (SSSR count). The third kappa shape index (κ3) is 4.84. The predicted molar refractivity (Wildman–Crippen MR) is 109 cm³/mol. The number of benzene rings is 2. The Balaban J connectivity index is 1.71. The molecule has 8 heteroatoms. The monoisotopic (exact) mass is 396 g/mol. The Hall–Kier alpha value is -3.55. The van der Waals surface area contributed by atoms with Crippen LogP contribution in [0.2, 0.25) is 0 Å². The number of ether oxygens (including phenoxy) is 2. The first-order valence-electron chi connectivity index (χ1n) is 9.21. The number of rotatable bonds is 7. The van der Waals surface area contributed by atoms with Gasteiger partial charge in [0.05, 0.1) is 14.2 Å². The third-order valence-electron chi connectivity index (χ3n) is 4.37. The van der Waals surface area contributed by atoms with Gasteiger partial charge in [-0.05, 0) is 49.7 Å². The summed E-state index contributed by atoms with van der Waals surface area (Å²) >= 11 is 0. The van der Waals surface area contributed by atoms with Crippen LogP contribution in [0.5, 0.6) is 11.5 Å². The van der Waals surface area contributed by atoms with Crippen molar-refractivity contribution in [3.05, 3.63) is 53.9 Å². The molecule has 8 nitrogen and oxygen atoms in total. The molecule has 29 heavy (non-hydrogen) atoms. The molecule has 0 bridgehead atoms. The summed E-state index contributed by atoms with van der Waals surface area (Å²) in [5, 5.41) is 6.91. The number of nitrogens with zero attached hydrogens (tertiary/aromatic N) is 3. The van der Waals surface area contributed by atoms with Gasteiger partial charge in [0.15, 0.2) is 11.5 Å². The van der Waals surface area contributed by atoms with Crippen LogP contribution in [0.1, 0.15) is 18.4 Å². The fourth-order valence-electron chi connectivity index (χ4n) is 2.83. The van der Waals surface area contributed by atoms with Crippen LogP contribution in [-0.4, -0.2) is 41.8 Å². The molecule has 0 aliphatic rings. The average Bonchev–Trinajstić information content (AvgIpc) is 3.20. The summed E-state index contributed by atoms with van der Waals surface area (Å²) in [7, 11) is 3.14. The number of hydrogen-bond acceptors (Lipinski definition) is 6. The Morgan fingerprint density at radius 3 is 2.62 bits per heavy atom. The van der Waals surface area contributed by atoms with Gasteiger partial charge in [-0.15, -0.1) is 0 Å². The van der Waals surface area contributed by atoms with E-state index < -0.39 is 0 Å². The normalized spacial score (nSPS) is 10.5. The highest BCUT2D eigenvalue weighted by atomic mass is 16.5. The number of hydrogen-bond donors (Lipinski definition) is 1. The maximum atomic E-state index is 12.6. The molecule has 0 aliphatic heterocycles. The van der Waals surface area contributed by atoms with Gasteiger partial charge in [0.25, 0.3) is 0 Å². The van der Waals surface area contributed by atoms with E-state index in [-0.39, 0.29) is 12.6 Å². The summed E-state index contributed by atoms with van der Waals surface area (Å²) in [4.78, 5) is 18.6. The average molecular weight is 396 g/mol. The molecule has 0 aliphatic carbocycles. The summed E-state index contributed by atoms with van der Waals surface area (Å²) in [5.74, 6) is 1.95. The number of nitrogens with one attached hydrogen (secondary N) is 1. The van der Waals surface area contributed by atoms with Crippen molar-refractivity contribution >= 4 is 11.7 Å². The van der Waals surface area contributed by atoms with E-state index in [1.54, 1.807) is 31.3 Å². The number of anilines is 1. The molecule has 0 radical (unpaired) electrons. The Morgan fingerprint density at radius 2 is 1.93 bits per heavy atom. The van der Waals surface area contributed by atoms with Crippen LogP contribution in [0.3, 0.4) is 0 Å². The van der Waals surface area contributed by atoms with E-state index in [0.717, 1.165) is 16.8 Å². The molecule has 0 saturated heterocycles. The number of carbonyl (C=O) groups excluding carboxylic acids is 1. The standard InChI is InChI=1S/C21H24N4O4/c1-5-25(21(26)22-16-8-6-7-14(2)11-16)13-19-23-20(24-29-19)15-9-10-17(27-3)18(12-15)28-4/h6-12H,5,13H2,1-4H3,(H,22,26). The zero-order valence-electron chi connectivity index (χ0n) is 16.9. The summed E-state index contributed by atoms with van der Waals surface area (Å²) in [6.45, 7) is 4.56. The number of carbonyl (C=O) groups is 1. The SMILES string of the molecule is CCN(Cc1nc(-c2ccc(OC)c(OC)c2)no1)C(=O)Nc1cccc(C)c1. The molecule has 3 aromatic rings. The molecule has 1 heterocycles. The third-order valence-corrected chi connectivity index (χ3v) is 4.37. The van der Waals surface area contributed by atoms with Crippen molar-refractivity contribution in [2.24, 2.45) is 0 Å². The van der Waals surface area contributed by atoms with Crippen molar-refractivity contribution in [2.45, 2.75) is 20.4 Å². The lowest BCUT2D eigenvalue weighted by atomic mass is 10.2. The molecule has 0 atom stereocenters. The van der Waals surface area contributed by atoms with Crippen LogP contribution in [0.4, 0.5) is 10.5 Å². The van der Waals surface area contributed by atoms with Gasteiger partial charge in [0.2, 0.25) is 11.7 Å². The van der Waals surface area contributed by atoms with Gasteiger partial charge >= 0.3 is 6.03 Å². The smallest absolute Gasteiger partial charge is 0.322 e. The molecule has 2 amide bonds. The minimum atomic E-state index is -0.232. The van der Waals surface area contributed by atoms with Crippen molar-refractivity contribution in [1.82, 2.24) is 15.0 Å². The Morgan fingerprint density at radius 1 is 1.14 bits per heavy atom. The van der Waals surface area contributed by atoms with E-state index in [1.807, 2.05) is 44.2 Å². The molecule has 2 aromatic carbocycles. The summed E-state index contributed by atoms with van der Waals surface area (Å²) < 4.78 is 15.9. The number of amides is 2. The molecular weight excluding hydrogens is 372 g/mol. The largest absolute Gasteiger partial charge is 0.493 e. The summed E-state index contributed by atoms with van der Waals surface area (Å²) in [6, 6.07) is 12.8. The van der Waals surface area contributed by atoms with Crippen LogP contribution in [-0.2, 0) is 6.54 Å². The molecule has 0 saturated carbocycles. The zero-order valence-corrected chi connectivity index (χ0v) is 16.9. The highest BCUT2D eigenvalue weighted by Crippen LogP contribution is 2.31. The Labute approximate surface area is 169 Å². The quantitative estimate of drug-likeness (QED) is 0.646.